The maximum absolute atomic E-state index is 12.7. The number of hydrogen-bond acceptors (Lipinski definition) is 4. The van der Waals surface area contributed by atoms with Crippen LogP contribution in [0.25, 0.3) is 0 Å². The second-order valence-electron chi connectivity index (χ2n) is 6.55. The third-order valence-corrected chi connectivity index (χ3v) is 5.33. The first-order chi connectivity index (χ1) is 12.0. The number of hydrogen-bond donors (Lipinski definition) is 2. The fraction of sp³-hybridized carbons (Fsp3) is 0.556. The molecule has 0 radical (unpaired) electrons. The summed E-state index contributed by atoms with van der Waals surface area (Å²) in [4.78, 5) is 24.5. The Kier molecular flexibility index (Phi) is 5.08. The Morgan fingerprint density at radius 3 is 2.80 bits per heavy atom. The zero-order valence-corrected chi connectivity index (χ0v) is 15.2. The lowest BCUT2D eigenvalue weighted by Gasteiger charge is -2.50. The van der Waals surface area contributed by atoms with Gasteiger partial charge in [-0.3, -0.25) is 9.59 Å². The van der Waals surface area contributed by atoms with Gasteiger partial charge in [0, 0.05) is 12.0 Å². The molecule has 136 valence electrons. The number of methoxy groups -OCH3 is 1. The van der Waals surface area contributed by atoms with Crippen molar-refractivity contribution >= 4 is 23.4 Å². The molecule has 2 amide bonds. The average Bonchev–Trinajstić information content (AvgIpc) is 2.56. The Bertz CT molecular complexity index is 688. The molecule has 1 aliphatic carbocycles. The highest BCUT2D eigenvalue weighted by atomic mass is 35.5. The molecule has 7 heteroatoms. The Balaban J connectivity index is 1.79. The fourth-order valence-corrected chi connectivity index (χ4v) is 3.86. The number of halogens is 1. The molecule has 3 rings (SSSR count). The lowest BCUT2D eigenvalue weighted by atomic mass is 9.68. The van der Waals surface area contributed by atoms with Crippen molar-refractivity contribution in [3.8, 4) is 11.5 Å². The van der Waals surface area contributed by atoms with Crippen LogP contribution in [0.1, 0.15) is 49.4 Å². The average molecular weight is 367 g/mol. The van der Waals surface area contributed by atoms with Crippen LogP contribution in [-0.4, -0.2) is 37.1 Å². The quantitative estimate of drug-likeness (QED) is 0.840. The third kappa shape index (κ3) is 3.40. The van der Waals surface area contributed by atoms with Crippen LogP contribution in [0.3, 0.4) is 0 Å². The van der Waals surface area contributed by atoms with E-state index in [1.54, 1.807) is 12.1 Å². The summed E-state index contributed by atoms with van der Waals surface area (Å²) in [6.07, 6.45) is 3.95. The van der Waals surface area contributed by atoms with Crippen molar-refractivity contribution in [3.05, 3.63) is 22.7 Å². The van der Waals surface area contributed by atoms with E-state index in [1.165, 1.54) is 7.11 Å². The van der Waals surface area contributed by atoms with Gasteiger partial charge in [0.25, 0.3) is 5.91 Å². The highest BCUT2D eigenvalue weighted by Crippen LogP contribution is 2.40. The summed E-state index contributed by atoms with van der Waals surface area (Å²) in [6, 6.07) is 3.14. The molecule has 1 saturated carbocycles. The van der Waals surface area contributed by atoms with Gasteiger partial charge in [-0.25, -0.2) is 0 Å². The normalized spacial score (nSPS) is 21.2. The van der Waals surface area contributed by atoms with Crippen LogP contribution in [-0.2, 0) is 4.79 Å². The molecule has 1 aromatic rings. The molecule has 2 aliphatic rings. The second-order valence-corrected chi connectivity index (χ2v) is 6.95. The minimum atomic E-state index is -0.288. The first-order valence-electron chi connectivity index (χ1n) is 8.61. The van der Waals surface area contributed by atoms with E-state index >= 15 is 0 Å². The van der Waals surface area contributed by atoms with Gasteiger partial charge < -0.3 is 20.1 Å². The van der Waals surface area contributed by atoms with E-state index in [9.17, 15) is 9.59 Å². The lowest BCUT2D eigenvalue weighted by molar-refractivity contribution is -0.127. The van der Waals surface area contributed by atoms with Gasteiger partial charge in [0.2, 0.25) is 5.91 Å². The van der Waals surface area contributed by atoms with E-state index in [1.807, 2.05) is 6.92 Å². The summed E-state index contributed by atoms with van der Waals surface area (Å²) in [7, 11) is 1.51. The Labute approximate surface area is 152 Å². The van der Waals surface area contributed by atoms with E-state index in [0.29, 0.717) is 41.5 Å². The number of carbonyl (C=O) groups excluding carboxylic acids is 2. The Hall–Kier alpha value is -1.95. The summed E-state index contributed by atoms with van der Waals surface area (Å²) in [6.45, 7) is 2.30. The molecule has 0 bridgehead atoms. The predicted octanol–water partition coefficient (Wildman–Crippen LogP) is 2.68. The summed E-state index contributed by atoms with van der Waals surface area (Å²) >= 11 is 6.25. The van der Waals surface area contributed by atoms with Gasteiger partial charge in [-0.05, 0) is 44.7 Å². The number of rotatable bonds is 5. The molecule has 1 aliphatic heterocycles. The minimum absolute atomic E-state index is 0.0657. The first kappa shape index (κ1) is 17.9. The number of benzene rings is 1. The number of carbonyl (C=O) groups is 2. The largest absolute Gasteiger partial charge is 0.493 e. The molecule has 25 heavy (non-hydrogen) atoms. The summed E-state index contributed by atoms with van der Waals surface area (Å²) in [5.41, 5.74) is 0.126. The van der Waals surface area contributed by atoms with Crippen LogP contribution < -0.4 is 20.1 Å². The lowest BCUT2D eigenvalue weighted by Crippen LogP contribution is -2.68. The van der Waals surface area contributed by atoms with Gasteiger partial charge in [-0.2, -0.15) is 0 Å². The maximum atomic E-state index is 12.7. The molecule has 1 heterocycles. The smallest absolute Gasteiger partial charge is 0.251 e. The van der Waals surface area contributed by atoms with Crippen molar-refractivity contribution in [1.29, 1.82) is 0 Å². The van der Waals surface area contributed by atoms with Crippen LogP contribution >= 0.6 is 11.6 Å². The summed E-state index contributed by atoms with van der Waals surface area (Å²) in [5, 5.41) is 6.48. The van der Waals surface area contributed by atoms with Crippen LogP contribution in [0.4, 0.5) is 0 Å². The molecule has 1 aromatic carbocycles. The standard InChI is InChI=1S/C18H23ClN2O4/c1-3-25-16-12(19)9-11(10-13(16)24-2)17(23)20-14-5-6-15(22)21-18(14)7-4-8-18/h9-10,14H,3-8H2,1-2H3,(H,20,23)(H,21,22). The topological polar surface area (TPSA) is 76.7 Å². The number of ether oxygens (including phenoxy) is 2. The van der Waals surface area contributed by atoms with Crippen molar-refractivity contribution in [2.45, 2.75) is 50.6 Å². The molecule has 1 spiro atoms. The van der Waals surface area contributed by atoms with E-state index in [0.717, 1.165) is 19.3 Å². The summed E-state index contributed by atoms with van der Waals surface area (Å²) in [5.74, 6) is 0.699. The molecule has 2 N–H and O–H groups in total. The van der Waals surface area contributed by atoms with Crippen molar-refractivity contribution in [2.24, 2.45) is 0 Å². The predicted molar refractivity (Wildman–Crippen MR) is 94.4 cm³/mol. The van der Waals surface area contributed by atoms with E-state index in [2.05, 4.69) is 10.6 Å². The number of piperidine rings is 1. The molecular weight excluding hydrogens is 344 g/mol. The molecular formula is C18H23ClN2O4. The highest BCUT2D eigenvalue weighted by molar-refractivity contribution is 6.32. The van der Waals surface area contributed by atoms with E-state index in [4.69, 9.17) is 21.1 Å². The van der Waals surface area contributed by atoms with Crippen molar-refractivity contribution in [1.82, 2.24) is 10.6 Å². The van der Waals surface area contributed by atoms with Crippen LogP contribution in [0, 0.1) is 0 Å². The fourth-order valence-electron chi connectivity index (χ4n) is 3.60. The van der Waals surface area contributed by atoms with Gasteiger partial charge in [0.15, 0.2) is 11.5 Å². The van der Waals surface area contributed by atoms with Gasteiger partial charge in [0.1, 0.15) is 0 Å². The maximum Gasteiger partial charge on any atom is 0.251 e. The molecule has 2 fully saturated rings. The zero-order valence-electron chi connectivity index (χ0n) is 14.5. The molecule has 6 nitrogen and oxygen atoms in total. The van der Waals surface area contributed by atoms with Crippen molar-refractivity contribution in [3.63, 3.8) is 0 Å². The highest BCUT2D eigenvalue weighted by Gasteiger charge is 2.48. The Morgan fingerprint density at radius 2 is 2.20 bits per heavy atom. The van der Waals surface area contributed by atoms with Crippen molar-refractivity contribution < 1.29 is 19.1 Å². The minimum Gasteiger partial charge on any atom is -0.493 e. The monoisotopic (exact) mass is 366 g/mol. The third-order valence-electron chi connectivity index (χ3n) is 5.05. The molecule has 0 aromatic heterocycles. The SMILES string of the molecule is CCOc1c(Cl)cc(C(=O)NC2CCC(=O)NC23CCC3)cc1OC. The van der Waals surface area contributed by atoms with Gasteiger partial charge in [-0.15, -0.1) is 0 Å². The molecule has 1 unspecified atom stereocenters. The number of amides is 2. The second kappa shape index (κ2) is 7.12. The Morgan fingerprint density at radius 1 is 1.44 bits per heavy atom. The van der Waals surface area contributed by atoms with E-state index in [-0.39, 0.29) is 23.4 Å². The zero-order chi connectivity index (χ0) is 18.0. The van der Waals surface area contributed by atoms with Crippen LogP contribution in [0.2, 0.25) is 5.02 Å². The van der Waals surface area contributed by atoms with Crippen LogP contribution in [0.5, 0.6) is 11.5 Å². The van der Waals surface area contributed by atoms with Gasteiger partial charge in [0.05, 0.1) is 30.3 Å². The van der Waals surface area contributed by atoms with E-state index < -0.39 is 0 Å². The van der Waals surface area contributed by atoms with Crippen molar-refractivity contribution in [2.75, 3.05) is 13.7 Å². The van der Waals surface area contributed by atoms with Crippen LogP contribution in [0.15, 0.2) is 12.1 Å². The molecule has 1 saturated heterocycles. The first-order valence-corrected chi connectivity index (χ1v) is 8.99. The number of nitrogens with one attached hydrogen (secondary N) is 2. The van der Waals surface area contributed by atoms with Gasteiger partial charge >= 0.3 is 0 Å². The summed E-state index contributed by atoms with van der Waals surface area (Å²) < 4.78 is 10.8. The van der Waals surface area contributed by atoms with Gasteiger partial charge in [-0.1, -0.05) is 11.6 Å². The molecule has 1 atom stereocenters.